The van der Waals surface area contributed by atoms with Crippen LogP contribution in [0.15, 0.2) is 54.7 Å². The van der Waals surface area contributed by atoms with Crippen LogP contribution >= 0.6 is 11.3 Å². The summed E-state index contributed by atoms with van der Waals surface area (Å²) in [7, 11) is 2.05. The maximum atomic E-state index is 12.4. The zero-order chi connectivity index (χ0) is 19.5. The van der Waals surface area contributed by atoms with Gasteiger partial charge < -0.3 is 15.2 Å². The normalized spacial score (nSPS) is 13.6. The standard InChI is InChI=1S/C22H24N4OS/c1-15(22-25-19-9-5-6-10-20(19)28-22)26(2)14-21(27)23-12-11-16-13-24-18-8-4-3-7-17(16)18/h3-10,13,15,24H,11-12,14H2,1-2H3,(H,23,27)/p+1/t15-/m1/s1. The van der Waals surface area contributed by atoms with Crippen molar-refractivity contribution in [1.29, 1.82) is 0 Å². The van der Waals surface area contributed by atoms with Crippen molar-refractivity contribution in [2.75, 3.05) is 20.1 Å². The van der Waals surface area contributed by atoms with Crippen molar-refractivity contribution in [1.82, 2.24) is 15.3 Å². The second-order valence-electron chi connectivity index (χ2n) is 7.22. The van der Waals surface area contributed by atoms with Crippen LogP contribution in [-0.2, 0) is 11.2 Å². The Bertz CT molecular complexity index is 1070. The number of hydrogen-bond donors (Lipinski definition) is 3. The molecule has 0 bridgehead atoms. The highest BCUT2D eigenvalue weighted by Gasteiger charge is 2.21. The number of rotatable bonds is 7. The number of likely N-dealkylation sites (N-methyl/N-ethyl adjacent to an activating group) is 1. The molecule has 0 saturated heterocycles. The van der Waals surface area contributed by atoms with E-state index in [9.17, 15) is 4.79 Å². The molecule has 2 aromatic heterocycles. The fraction of sp³-hybridized carbons (Fsp3) is 0.273. The van der Waals surface area contributed by atoms with Gasteiger partial charge in [0.1, 0.15) is 6.04 Å². The molecule has 2 heterocycles. The van der Waals surface area contributed by atoms with Gasteiger partial charge in [0.25, 0.3) is 5.91 Å². The molecule has 2 atom stereocenters. The van der Waals surface area contributed by atoms with Crippen LogP contribution in [0.4, 0.5) is 0 Å². The van der Waals surface area contributed by atoms with Crippen molar-refractivity contribution in [2.24, 2.45) is 0 Å². The Labute approximate surface area is 168 Å². The van der Waals surface area contributed by atoms with Gasteiger partial charge in [-0.3, -0.25) is 4.79 Å². The van der Waals surface area contributed by atoms with Gasteiger partial charge in [0.05, 0.1) is 17.3 Å². The molecule has 0 spiro atoms. The number of quaternary nitrogens is 1. The summed E-state index contributed by atoms with van der Waals surface area (Å²) in [5, 5.41) is 5.36. The lowest BCUT2D eigenvalue weighted by atomic mass is 10.1. The second-order valence-corrected chi connectivity index (χ2v) is 8.29. The smallest absolute Gasteiger partial charge is 0.275 e. The fourth-order valence-electron chi connectivity index (χ4n) is 3.43. The zero-order valence-electron chi connectivity index (χ0n) is 16.2. The number of amides is 1. The maximum absolute atomic E-state index is 12.4. The highest BCUT2D eigenvalue weighted by atomic mass is 32.1. The minimum absolute atomic E-state index is 0.0744. The monoisotopic (exact) mass is 393 g/mol. The molecule has 0 aliphatic heterocycles. The third-order valence-electron chi connectivity index (χ3n) is 5.25. The first-order valence-electron chi connectivity index (χ1n) is 9.61. The van der Waals surface area contributed by atoms with Gasteiger partial charge in [-0.15, -0.1) is 11.3 Å². The van der Waals surface area contributed by atoms with Crippen molar-refractivity contribution >= 4 is 38.4 Å². The van der Waals surface area contributed by atoms with Gasteiger partial charge in [-0.2, -0.15) is 0 Å². The first kappa shape index (κ1) is 18.7. The average Bonchev–Trinajstić information content (AvgIpc) is 3.31. The summed E-state index contributed by atoms with van der Waals surface area (Å²) >= 11 is 1.71. The van der Waals surface area contributed by atoms with Crippen molar-refractivity contribution < 1.29 is 9.69 Å². The van der Waals surface area contributed by atoms with Gasteiger partial charge in [0, 0.05) is 23.6 Å². The molecule has 0 saturated carbocycles. The third-order valence-corrected chi connectivity index (χ3v) is 6.47. The number of aromatic amines is 1. The lowest BCUT2D eigenvalue weighted by Gasteiger charge is -2.19. The van der Waals surface area contributed by atoms with Crippen molar-refractivity contribution in [2.45, 2.75) is 19.4 Å². The highest BCUT2D eigenvalue weighted by Crippen LogP contribution is 2.24. The van der Waals surface area contributed by atoms with Gasteiger partial charge >= 0.3 is 0 Å². The zero-order valence-corrected chi connectivity index (χ0v) is 17.0. The van der Waals surface area contributed by atoms with E-state index in [1.54, 1.807) is 11.3 Å². The molecule has 3 N–H and O–H groups in total. The van der Waals surface area contributed by atoms with Gasteiger partial charge in [0.2, 0.25) is 0 Å². The van der Waals surface area contributed by atoms with Gasteiger partial charge in [0.15, 0.2) is 11.6 Å². The first-order valence-corrected chi connectivity index (χ1v) is 10.4. The summed E-state index contributed by atoms with van der Waals surface area (Å²) in [5.74, 6) is 0.0744. The molecule has 5 nitrogen and oxygen atoms in total. The van der Waals surface area contributed by atoms with Crippen LogP contribution in [0, 0.1) is 0 Å². The van der Waals surface area contributed by atoms with Crippen molar-refractivity contribution in [3.63, 3.8) is 0 Å². The largest absolute Gasteiger partial charge is 0.361 e. The molecule has 1 unspecified atom stereocenters. The Morgan fingerprint density at radius 1 is 1.21 bits per heavy atom. The van der Waals surface area contributed by atoms with E-state index in [4.69, 9.17) is 4.98 Å². The van der Waals surface area contributed by atoms with Gasteiger partial charge in [-0.05, 0) is 37.1 Å². The van der Waals surface area contributed by atoms with Crippen LogP contribution in [0.2, 0.25) is 0 Å². The Morgan fingerprint density at radius 2 is 2.00 bits per heavy atom. The lowest BCUT2D eigenvalue weighted by molar-refractivity contribution is -0.902. The minimum Gasteiger partial charge on any atom is -0.361 e. The predicted octanol–water partition coefficient (Wildman–Crippen LogP) is 2.71. The number of H-pyrrole nitrogens is 1. The number of fused-ring (bicyclic) bond motifs is 2. The predicted molar refractivity (Wildman–Crippen MR) is 115 cm³/mol. The molecule has 0 radical (unpaired) electrons. The van der Waals surface area contributed by atoms with Crippen molar-refractivity contribution in [3.8, 4) is 0 Å². The highest BCUT2D eigenvalue weighted by molar-refractivity contribution is 7.18. The molecule has 4 rings (SSSR count). The number of carbonyl (C=O) groups is 1. The SMILES string of the molecule is C[C@H](c1nc2ccccc2s1)[NH+](C)CC(=O)NCCc1c[nH]c2ccccc12. The minimum atomic E-state index is 0.0744. The van der Waals surface area contributed by atoms with E-state index in [0.29, 0.717) is 13.1 Å². The third kappa shape index (κ3) is 3.93. The maximum Gasteiger partial charge on any atom is 0.275 e. The number of para-hydroxylation sites is 2. The number of aromatic nitrogens is 2. The van der Waals surface area contributed by atoms with E-state index in [1.807, 2.05) is 36.5 Å². The Hall–Kier alpha value is -2.70. The van der Waals surface area contributed by atoms with Crippen LogP contribution in [0.5, 0.6) is 0 Å². The Balaban J connectivity index is 1.30. The molecule has 0 fully saturated rings. The number of nitrogens with one attached hydrogen (secondary N) is 3. The molecule has 0 aliphatic carbocycles. The summed E-state index contributed by atoms with van der Waals surface area (Å²) in [6, 6.07) is 16.6. The van der Waals surface area contributed by atoms with E-state index >= 15 is 0 Å². The van der Waals surface area contributed by atoms with Gasteiger partial charge in [-0.25, -0.2) is 4.98 Å². The molecule has 0 aliphatic rings. The summed E-state index contributed by atoms with van der Waals surface area (Å²) in [5.41, 5.74) is 3.41. The van der Waals surface area contributed by atoms with E-state index in [1.165, 1.54) is 15.6 Å². The molecule has 1 amide bonds. The van der Waals surface area contributed by atoms with Crippen LogP contribution in [0.1, 0.15) is 23.5 Å². The summed E-state index contributed by atoms with van der Waals surface area (Å²) in [4.78, 5) is 21.5. The van der Waals surface area contributed by atoms with Gasteiger partial charge in [-0.1, -0.05) is 30.3 Å². The van der Waals surface area contributed by atoms with E-state index in [2.05, 4.69) is 42.5 Å². The Kier molecular flexibility index (Phi) is 5.41. The molecule has 28 heavy (non-hydrogen) atoms. The molecule has 2 aromatic carbocycles. The number of hydrogen-bond acceptors (Lipinski definition) is 3. The lowest BCUT2D eigenvalue weighted by Crippen LogP contribution is -3.10. The number of carbonyl (C=O) groups excluding carboxylic acids is 1. The summed E-state index contributed by atoms with van der Waals surface area (Å²) < 4.78 is 1.19. The number of nitrogens with zero attached hydrogens (tertiary/aromatic N) is 1. The quantitative estimate of drug-likeness (QED) is 0.452. The van der Waals surface area contributed by atoms with Crippen LogP contribution in [0.3, 0.4) is 0 Å². The molecule has 144 valence electrons. The fourth-order valence-corrected chi connectivity index (χ4v) is 4.54. The van der Waals surface area contributed by atoms with Crippen LogP contribution < -0.4 is 10.2 Å². The average molecular weight is 394 g/mol. The summed E-state index contributed by atoms with van der Waals surface area (Å²) in [6.45, 7) is 3.21. The van der Waals surface area contributed by atoms with Crippen molar-refractivity contribution in [3.05, 3.63) is 65.3 Å². The first-order chi connectivity index (χ1) is 13.6. The second kappa shape index (κ2) is 8.12. The van der Waals surface area contributed by atoms with E-state index < -0.39 is 0 Å². The van der Waals surface area contributed by atoms with Crippen LogP contribution in [0.25, 0.3) is 21.1 Å². The molecular weight excluding hydrogens is 368 g/mol. The number of benzene rings is 2. The number of thiazole rings is 1. The van der Waals surface area contributed by atoms with Crippen LogP contribution in [-0.4, -0.2) is 36.0 Å². The molecule has 4 aromatic rings. The van der Waals surface area contributed by atoms with E-state index in [-0.39, 0.29) is 11.9 Å². The Morgan fingerprint density at radius 3 is 2.86 bits per heavy atom. The molecular formula is C22H25N4OS+. The molecule has 6 heteroatoms. The topological polar surface area (TPSA) is 62.2 Å². The summed E-state index contributed by atoms with van der Waals surface area (Å²) in [6.07, 6.45) is 2.85. The van der Waals surface area contributed by atoms with E-state index in [0.717, 1.165) is 27.4 Å².